The summed E-state index contributed by atoms with van der Waals surface area (Å²) in [6, 6.07) is 55.3. The first-order chi connectivity index (χ1) is 40.1. The number of fused-ring (bicyclic) bond motifs is 6. The van der Waals surface area contributed by atoms with Crippen molar-refractivity contribution in [2.45, 2.75) is 116 Å². The van der Waals surface area contributed by atoms with Crippen LogP contribution in [-0.4, -0.2) is 0 Å². The Kier molecular flexibility index (Phi) is 26.3. The Labute approximate surface area is 498 Å². The average molecular weight is 1100 g/mol. The minimum atomic E-state index is 0.0558. The summed E-state index contributed by atoms with van der Waals surface area (Å²) in [4.78, 5) is 0. The van der Waals surface area contributed by atoms with Crippen molar-refractivity contribution in [1.29, 1.82) is 0 Å². The van der Waals surface area contributed by atoms with Gasteiger partial charge in [0, 0.05) is 28.0 Å². The highest BCUT2D eigenvalue weighted by Gasteiger charge is 2.21. The van der Waals surface area contributed by atoms with Gasteiger partial charge in [-0.25, -0.2) is 0 Å². The van der Waals surface area contributed by atoms with Crippen LogP contribution in [-0.2, 0) is 10.2 Å². The lowest BCUT2D eigenvalue weighted by molar-refractivity contribution is 0.313. The van der Waals surface area contributed by atoms with Crippen LogP contribution in [0.15, 0.2) is 260 Å². The van der Waals surface area contributed by atoms with E-state index in [1.54, 1.807) is 6.08 Å². The highest BCUT2D eigenvalue weighted by Crippen LogP contribution is 2.46. The molecule has 0 aliphatic carbocycles. The topological polar surface area (TPSA) is 35.5 Å². The average Bonchev–Trinajstić information content (AvgIpc) is 1.87. The van der Waals surface area contributed by atoms with Gasteiger partial charge in [0.15, 0.2) is 0 Å². The highest BCUT2D eigenvalue weighted by atomic mass is 16.5. The molecule has 83 heavy (non-hydrogen) atoms. The van der Waals surface area contributed by atoms with Crippen LogP contribution in [0.2, 0.25) is 0 Å². The number of hydrogen-bond donors (Lipinski definition) is 0. The molecule has 0 aliphatic heterocycles. The summed E-state index contributed by atoms with van der Waals surface area (Å²) in [5.41, 5.74) is 13.3. The van der Waals surface area contributed by atoms with Crippen LogP contribution in [0.1, 0.15) is 116 Å². The Morgan fingerprint density at radius 1 is 0.506 bits per heavy atom. The Hall–Kier alpha value is -8.66. The molecule has 3 heteroatoms. The quantitative estimate of drug-likeness (QED) is 0.0592. The largest absolute Gasteiger partial charge is 0.463 e. The fraction of sp³-hybridized carbons (Fsp3) is 0.225. The van der Waals surface area contributed by atoms with Crippen molar-refractivity contribution in [3.05, 3.63) is 256 Å². The molecular formula is C80H92O3. The van der Waals surface area contributed by atoms with E-state index in [1.807, 2.05) is 113 Å². The van der Waals surface area contributed by atoms with Gasteiger partial charge < -0.3 is 13.6 Å². The van der Waals surface area contributed by atoms with E-state index in [0.29, 0.717) is 11.7 Å². The third-order valence-electron chi connectivity index (χ3n) is 13.5. The predicted octanol–water partition coefficient (Wildman–Crippen LogP) is 26.1. The number of ether oxygens (including phenoxy) is 1. The van der Waals surface area contributed by atoms with Gasteiger partial charge in [0.05, 0.1) is 5.76 Å². The fourth-order valence-corrected chi connectivity index (χ4v) is 9.72. The number of furan rings is 2. The number of rotatable bonds is 10. The molecule has 9 aromatic carbocycles. The molecule has 1 unspecified atom stereocenters. The molecule has 0 spiro atoms. The van der Waals surface area contributed by atoms with Gasteiger partial charge in [0.2, 0.25) is 0 Å². The summed E-state index contributed by atoms with van der Waals surface area (Å²) in [6.07, 6.45) is 14.8. The maximum absolute atomic E-state index is 6.24. The van der Waals surface area contributed by atoms with Crippen LogP contribution in [0.3, 0.4) is 0 Å². The second-order valence-corrected chi connectivity index (χ2v) is 20.2. The molecule has 11 aromatic rings. The van der Waals surface area contributed by atoms with Crippen molar-refractivity contribution in [2.75, 3.05) is 0 Å². The lowest BCUT2D eigenvalue weighted by Gasteiger charge is -2.23. The molecule has 1 atom stereocenters. The van der Waals surface area contributed by atoms with E-state index in [1.165, 1.54) is 60.1 Å². The molecular weight excluding hydrogens is 1010 g/mol. The highest BCUT2D eigenvalue weighted by molar-refractivity contribution is 6.28. The van der Waals surface area contributed by atoms with Crippen molar-refractivity contribution in [1.82, 2.24) is 0 Å². The van der Waals surface area contributed by atoms with Crippen LogP contribution in [0.4, 0.5) is 0 Å². The van der Waals surface area contributed by atoms with E-state index in [-0.39, 0.29) is 5.41 Å². The molecule has 2 heterocycles. The minimum Gasteiger partial charge on any atom is -0.463 e. The second-order valence-electron chi connectivity index (χ2n) is 20.2. The monoisotopic (exact) mass is 1100 g/mol. The van der Waals surface area contributed by atoms with E-state index in [0.717, 1.165) is 72.8 Å². The van der Waals surface area contributed by atoms with Crippen molar-refractivity contribution < 1.29 is 13.6 Å². The van der Waals surface area contributed by atoms with Crippen molar-refractivity contribution >= 4 is 76.2 Å². The Morgan fingerprint density at radius 2 is 0.964 bits per heavy atom. The van der Waals surface area contributed by atoms with Crippen LogP contribution < -0.4 is 0 Å². The lowest BCUT2D eigenvalue weighted by Crippen LogP contribution is -2.10. The van der Waals surface area contributed by atoms with Gasteiger partial charge in [-0.3, -0.25) is 0 Å². The van der Waals surface area contributed by atoms with Crippen molar-refractivity contribution in [2.24, 2.45) is 5.92 Å². The summed E-state index contributed by atoms with van der Waals surface area (Å²) in [6.45, 7) is 51.4. The van der Waals surface area contributed by atoms with Gasteiger partial charge in [-0.15, -0.1) is 13.2 Å². The van der Waals surface area contributed by atoms with Gasteiger partial charge in [0.1, 0.15) is 28.1 Å². The minimum absolute atomic E-state index is 0.0558. The molecule has 3 nitrogen and oxygen atoms in total. The first-order valence-corrected chi connectivity index (χ1v) is 29.6. The molecule has 0 fully saturated rings. The first-order valence-electron chi connectivity index (χ1n) is 29.6. The molecule has 11 rings (SSSR count). The van der Waals surface area contributed by atoms with Crippen molar-refractivity contribution in [3.63, 3.8) is 0 Å². The maximum atomic E-state index is 6.24. The van der Waals surface area contributed by atoms with Crippen molar-refractivity contribution in [3.8, 4) is 33.4 Å². The van der Waals surface area contributed by atoms with E-state index in [2.05, 4.69) is 219 Å². The second kappa shape index (κ2) is 32.7. The summed E-state index contributed by atoms with van der Waals surface area (Å²) in [7, 11) is 0. The summed E-state index contributed by atoms with van der Waals surface area (Å²) >= 11 is 0. The van der Waals surface area contributed by atoms with Gasteiger partial charge in [-0.05, 0) is 159 Å². The number of allylic oxidation sites excluding steroid dienone is 9. The molecule has 0 aliphatic rings. The zero-order valence-corrected chi connectivity index (χ0v) is 52.7. The molecule has 0 radical (unpaired) electrons. The first kappa shape index (κ1) is 66.8. The normalized spacial score (nSPS) is 11.2. The Balaban J connectivity index is 0.000000398. The Bertz CT molecular complexity index is 3940. The summed E-state index contributed by atoms with van der Waals surface area (Å²) in [5, 5.41) is 12.3. The zero-order chi connectivity index (χ0) is 61.4. The van der Waals surface area contributed by atoms with Crippen LogP contribution in [0, 0.1) is 5.92 Å². The van der Waals surface area contributed by atoms with E-state index in [9.17, 15) is 0 Å². The zero-order valence-electron chi connectivity index (χ0n) is 52.7. The maximum Gasteiger partial charge on any atom is 0.136 e. The summed E-state index contributed by atoms with van der Waals surface area (Å²) < 4.78 is 17.5. The van der Waals surface area contributed by atoms with E-state index >= 15 is 0 Å². The van der Waals surface area contributed by atoms with Crippen LogP contribution in [0.5, 0.6) is 0 Å². The predicted molar refractivity (Wildman–Crippen MR) is 373 cm³/mol. The number of benzene rings is 9. The van der Waals surface area contributed by atoms with Gasteiger partial charge >= 0.3 is 0 Å². The van der Waals surface area contributed by atoms with E-state index in [4.69, 9.17) is 13.6 Å². The fourth-order valence-electron chi connectivity index (χ4n) is 9.72. The van der Waals surface area contributed by atoms with Crippen LogP contribution >= 0.6 is 0 Å². The molecule has 0 saturated heterocycles. The molecule has 0 amide bonds. The molecule has 0 bridgehead atoms. The van der Waals surface area contributed by atoms with Gasteiger partial charge in [-0.2, -0.15) is 0 Å². The smallest absolute Gasteiger partial charge is 0.136 e. The van der Waals surface area contributed by atoms with Gasteiger partial charge in [-0.1, -0.05) is 254 Å². The molecule has 0 saturated carbocycles. The Morgan fingerprint density at radius 3 is 1.46 bits per heavy atom. The third-order valence-corrected chi connectivity index (χ3v) is 13.5. The SMILES string of the molecule is C/C=C\C(C)/C=C/C.C=C.C=C(C)/C=C\C.C=CC(=C)OC(=C)CC.CC.CC.CC.CC(C)(C)c1cc2ccc3c(-c4ccc(-c5ccc6c(c5)oc5ccccc56)cc4)cc(-c4ccc5oc6ccccc6c5c4)c4ccc(c1)c2c34. The summed E-state index contributed by atoms with van der Waals surface area (Å²) in [5.74, 6) is 1.88. The number of para-hydroxylation sites is 2. The van der Waals surface area contributed by atoms with Gasteiger partial charge in [0.25, 0.3) is 0 Å². The lowest BCUT2D eigenvalue weighted by atomic mass is 9.81. The van der Waals surface area contributed by atoms with E-state index < -0.39 is 0 Å². The number of hydrogen-bond acceptors (Lipinski definition) is 3. The standard InChI is InChI=1S/C50H34O2.C8H12O.C8H14.C6H10.3C2H6.C2H4/c1-50(2,3)35-24-33-17-21-39-41(30-14-12-29(13-15-30)31-16-20-38-36-8-4-6-10-44(36)52-47(38)27-31)28-42(40-22-18-34(25-35)48(33)49(39)40)32-19-23-46-43(26-32)37-9-5-7-11-45(37)51-46;1-5-7(3)9-8(4)6-2;1-4-6-8(3)7-5-2;1-4-5-6(2)3;4*1-2/h4-28H,1-3H3;5H,1,3-4,6H2,2H3;4-8H,1-3H3;4-5H,2H2,1,3H3;3*1-2H3;1-2H2/b;;6-4-,7-5+;5-4-;;;;. The molecule has 2 aromatic heterocycles. The molecule has 0 N–H and O–H groups in total. The molecule has 430 valence electrons. The third kappa shape index (κ3) is 16.5. The van der Waals surface area contributed by atoms with Crippen LogP contribution in [0.25, 0.3) is 110 Å².